The Morgan fingerprint density at radius 3 is 2.17 bits per heavy atom. The summed E-state index contributed by atoms with van der Waals surface area (Å²) in [6.07, 6.45) is 0.0780. The van der Waals surface area contributed by atoms with Crippen LogP contribution >= 0.6 is 0 Å². The topological polar surface area (TPSA) is 35.5 Å². The molecular weight excluding hydrogens is 520 g/mol. The summed E-state index contributed by atoms with van der Waals surface area (Å²) < 4.78 is 25.1. The number of pyridine rings is 2. The molecule has 0 N–H and O–H groups in total. The van der Waals surface area contributed by atoms with E-state index in [1.54, 1.807) is 0 Å². The first kappa shape index (κ1) is 24.9. The highest BCUT2D eigenvalue weighted by atomic mass is 16.7. The number of hydrogen-bond donors (Lipinski definition) is 0. The first-order valence-corrected chi connectivity index (χ1v) is 14.5. The second-order valence-corrected chi connectivity index (χ2v) is 11.5. The zero-order valence-electron chi connectivity index (χ0n) is 24.0. The largest absolute Gasteiger partial charge is 0.476 e. The average Bonchev–Trinajstić information content (AvgIpc) is 3.76. The molecule has 1 aliphatic heterocycles. The number of para-hydroxylation sites is 2. The summed E-state index contributed by atoms with van der Waals surface area (Å²) in [7, 11) is 2.08. The van der Waals surface area contributed by atoms with Crippen molar-refractivity contribution in [1.29, 1.82) is 0 Å². The van der Waals surface area contributed by atoms with Gasteiger partial charge in [-0.1, -0.05) is 54.6 Å². The minimum absolute atomic E-state index is 0.0687. The summed E-state index contributed by atoms with van der Waals surface area (Å²) in [4.78, 5) is 0. The number of nitrogens with zero attached hydrogens (tertiary/aromatic N) is 2. The molecule has 2 aliphatic rings. The van der Waals surface area contributed by atoms with Crippen LogP contribution in [0.4, 0.5) is 0 Å². The van der Waals surface area contributed by atoms with E-state index in [0.29, 0.717) is 0 Å². The van der Waals surface area contributed by atoms with Crippen molar-refractivity contribution in [2.45, 2.75) is 38.2 Å². The molecule has 8 rings (SSSR count). The van der Waals surface area contributed by atoms with Crippen LogP contribution < -0.4 is 23.3 Å². The van der Waals surface area contributed by atoms with Gasteiger partial charge < -0.3 is 14.2 Å². The van der Waals surface area contributed by atoms with E-state index in [1.165, 1.54) is 5.56 Å². The van der Waals surface area contributed by atoms with Gasteiger partial charge in [-0.15, -0.1) is 0 Å². The van der Waals surface area contributed by atoms with Crippen molar-refractivity contribution >= 4 is 21.8 Å². The zero-order chi connectivity index (χ0) is 28.4. The lowest BCUT2D eigenvalue weighted by molar-refractivity contribution is -0.740. The van der Waals surface area contributed by atoms with Gasteiger partial charge in [0.15, 0.2) is 29.0 Å². The number of rotatable bonds is 6. The van der Waals surface area contributed by atoms with E-state index >= 15 is 0 Å². The molecule has 5 nitrogen and oxygen atoms in total. The fraction of sp³-hybridized carbons (Fsp3) is 0.189. The Morgan fingerprint density at radius 1 is 0.690 bits per heavy atom. The molecule has 5 heteroatoms. The van der Waals surface area contributed by atoms with E-state index in [1.807, 2.05) is 30.3 Å². The summed E-state index contributed by atoms with van der Waals surface area (Å²) in [5.74, 6) is 2.45. The number of aromatic nitrogens is 2. The van der Waals surface area contributed by atoms with Crippen molar-refractivity contribution in [1.82, 2.24) is 0 Å². The SMILES string of the molecule is Cc1ccc2cccc(OC(Oc3ccc(-c4ccccc4)cc3)C34CC3Oc3cccc5ccc(C)[n+]4c35)c2[n+]1C. The van der Waals surface area contributed by atoms with Crippen molar-refractivity contribution in [3.05, 3.63) is 127 Å². The molecule has 0 saturated heterocycles. The number of aryl methyl sites for hydroxylation is 3. The summed E-state index contributed by atoms with van der Waals surface area (Å²) in [5.41, 5.74) is 6.21. The van der Waals surface area contributed by atoms with Gasteiger partial charge in [-0.3, -0.25) is 0 Å². The minimum atomic E-state index is -0.640. The maximum Gasteiger partial charge on any atom is 0.310 e. The lowest BCUT2D eigenvalue weighted by Crippen LogP contribution is -2.63. The maximum absolute atomic E-state index is 7.02. The Kier molecular flexibility index (Phi) is 5.51. The minimum Gasteiger partial charge on any atom is -0.476 e. The van der Waals surface area contributed by atoms with Crippen LogP contribution in [0, 0.1) is 13.8 Å². The predicted octanol–water partition coefficient (Wildman–Crippen LogP) is 6.73. The van der Waals surface area contributed by atoms with Crippen LogP contribution in [0.3, 0.4) is 0 Å². The molecule has 3 unspecified atom stereocenters. The predicted molar refractivity (Wildman–Crippen MR) is 163 cm³/mol. The van der Waals surface area contributed by atoms with Gasteiger partial charge in [-0.2, -0.15) is 9.13 Å². The second kappa shape index (κ2) is 9.31. The van der Waals surface area contributed by atoms with Gasteiger partial charge in [0.25, 0.3) is 16.6 Å². The van der Waals surface area contributed by atoms with Crippen molar-refractivity contribution in [2.75, 3.05) is 0 Å². The third-order valence-electron chi connectivity index (χ3n) is 8.95. The van der Waals surface area contributed by atoms with Crippen LogP contribution in [0.5, 0.6) is 17.2 Å². The molecule has 1 fully saturated rings. The molecule has 0 bridgehead atoms. The molecule has 0 spiro atoms. The fourth-order valence-corrected chi connectivity index (χ4v) is 6.58. The Labute approximate surface area is 245 Å². The monoisotopic (exact) mass is 552 g/mol. The van der Waals surface area contributed by atoms with E-state index in [0.717, 1.165) is 62.4 Å². The smallest absolute Gasteiger partial charge is 0.310 e. The van der Waals surface area contributed by atoms with Gasteiger partial charge in [-0.05, 0) is 59.7 Å². The second-order valence-electron chi connectivity index (χ2n) is 11.5. The normalized spacial score (nSPS) is 19.2. The first-order chi connectivity index (χ1) is 20.5. The lowest BCUT2D eigenvalue weighted by atomic mass is 10.1. The van der Waals surface area contributed by atoms with Crippen LogP contribution in [0.25, 0.3) is 32.9 Å². The summed E-state index contributed by atoms with van der Waals surface area (Å²) >= 11 is 0. The van der Waals surface area contributed by atoms with Gasteiger partial charge >= 0.3 is 6.29 Å². The molecule has 206 valence electrons. The fourth-order valence-electron chi connectivity index (χ4n) is 6.58. The van der Waals surface area contributed by atoms with Gasteiger partial charge in [0.05, 0.1) is 17.2 Å². The molecule has 6 aromatic rings. The Balaban J connectivity index is 1.27. The van der Waals surface area contributed by atoms with Crippen LogP contribution in [0.15, 0.2) is 115 Å². The summed E-state index contributed by atoms with van der Waals surface area (Å²) in [6.45, 7) is 4.27. The quantitative estimate of drug-likeness (QED) is 0.170. The summed E-state index contributed by atoms with van der Waals surface area (Å²) in [5, 5.41) is 2.26. The van der Waals surface area contributed by atoms with E-state index < -0.39 is 11.8 Å². The van der Waals surface area contributed by atoms with E-state index in [-0.39, 0.29) is 6.10 Å². The van der Waals surface area contributed by atoms with Crippen LogP contribution in [-0.4, -0.2) is 12.4 Å². The van der Waals surface area contributed by atoms with E-state index in [9.17, 15) is 0 Å². The average molecular weight is 553 g/mol. The maximum atomic E-state index is 7.02. The molecule has 1 aliphatic carbocycles. The lowest BCUT2D eigenvalue weighted by Gasteiger charge is -2.29. The van der Waals surface area contributed by atoms with Gasteiger partial charge in [0.2, 0.25) is 0 Å². The molecule has 3 atom stereocenters. The molecule has 4 aromatic carbocycles. The number of ether oxygens (including phenoxy) is 3. The summed E-state index contributed by atoms with van der Waals surface area (Å²) in [6, 6.07) is 39.8. The molecule has 0 radical (unpaired) electrons. The molecule has 2 aromatic heterocycles. The first-order valence-electron chi connectivity index (χ1n) is 14.5. The Bertz CT molecular complexity index is 1990. The Morgan fingerprint density at radius 2 is 1.38 bits per heavy atom. The zero-order valence-corrected chi connectivity index (χ0v) is 24.0. The number of fused-ring (bicyclic) bond motifs is 3. The molecule has 3 heterocycles. The van der Waals surface area contributed by atoms with Crippen molar-refractivity contribution in [3.8, 4) is 28.4 Å². The van der Waals surface area contributed by atoms with E-state index in [4.69, 9.17) is 14.2 Å². The molecular formula is C37H32N2O3+2. The van der Waals surface area contributed by atoms with Gasteiger partial charge in [0, 0.05) is 26.0 Å². The molecule has 1 saturated carbocycles. The third kappa shape index (κ3) is 3.77. The highest BCUT2D eigenvalue weighted by molar-refractivity contribution is 5.83. The van der Waals surface area contributed by atoms with Crippen LogP contribution in [0.1, 0.15) is 17.8 Å². The number of benzene rings is 4. The van der Waals surface area contributed by atoms with Crippen LogP contribution in [0.2, 0.25) is 0 Å². The van der Waals surface area contributed by atoms with E-state index in [2.05, 4.69) is 115 Å². The van der Waals surface area contributed by atoms with Gasteiger partial charge in [-0.25, -0.2) is 0 Å². The highest BCUT2D eigenvalue weighted by Crippen LogP contribution is 2.52. The highest BCUT2D eigenvalue weighted by Gasteiger charge is 2.76. The van der Waals surface area contributed by atoms with Crippen molar-refractivity contribution in [3.63, 3.8) is 0 Å². The molecule has 0 amide bonds. The van der Waals surface area contributed by atoms with Crippen molar-refractivity contribution < 1.29 is 23.3 Å². The number of hydrogen-bond acceptors (Lipinski definition) is 3. The standard InChI is InChI=1S/C37H32N2O3/c1-24-15-17-28-11-7-13-31(34(28)38(24)3)42-36(40-30-21-19-27(20-22-30)26-9-5-4-6-10-26)37-23-33(37)41-32-14-8-12-29-18-16-25(2)39(37)35(29)32/h4-22,33,36H,23H2,1-3H3/q+2. The Hall–Kier alpha value is -4.90. The van der Waals surface area contributed by atoms with Gasteiger partial charge in [0.1, 0.15) is 12.8 Å². The third-order valence-corrected chi connectivity index (χ3v) is 8.95. The van der Waals surface area contributed by atoms with Crippen LogP contribution in [-0.2, 0) is 12.6 Å². The van der Waals surface area contributed by atoms with Crippen molar-refractivity contribution in [2.24, 2.45) is 7.05 Å². The molecule has 42 heavy (non-hydrogen) atoms.